The van der Waals surface area contributed by atoms with Crippen LogP contribution >= 0.6 is 47.1 Å². The zero-order valence-corrected chi connectivity index (χ0v) is 15.9. The second-order valence-corrected chi connectivity index (χ2v) is 6.22. The second-order valence-electron chi connectivity index (χ2n) is 4.31. The van der Waals surface area contributed by atoms with Crippen molar-refractivity contribution in [3.8, 4) is 0 Å². The van der Waals surface area contributed by atoms with Crippen LogP contribution in [0.5, 0.6) is 0 Å². The maximum absolute atomic E-state index is 5.86. The fraction of sp³-hybridized carbons (Fsp3) is 0.267. The van der Waals surface area contributed by atoms with Gasteiger partial charge in [-0.2, -0.15) is 0 Å². The number of nitrogens with zero attached hydrogens (tertiary/aromatic N) is 1. The van der Waals surface area contributed by atoms with Crippen LogP contribution in [0.2, 0.25) is 0 Å². The van der Waals surface area contributed by atoms with Crippen molar-refractivity contribution in [2.75, 3.05) is 12.8 Å². The first-order valence-electron chi connectivity index (χ1n) is 6.47. The van der Waals surface area contributed by atoms with Crippen molar-refractivity contribution in [3.63, 3.8) is 0 Å². The van der Waals surface area contributed by atoms with Gasteiger partial charge in [-0.1, -0.05) is 18.2 Å². The Morgan fingerprint density at radius 2 is 2.05 bits per heavy atom. The number of hydrogen-bond donors (Lipinski definition) is 2. The molecule has 0 saturated heterocycles. The number of thiophene rings is 1. The van der Waals surface area contributed by atoms with E-state index in [1.165, 1.54) is 15.3 Å². The Morgan fingerprint density at radius 1 is 1.29 bits per heavy atom. The van der Waals surface area contributed by atoms with Gasteiger partial charge in [0, 0.05) is 16.3 Å². The third-order valence-electron chi connectivity index (χ3n) is 2.85. The largest absolute Gasteiger partial charge is 0.370 e. The van der Waals surface area contributed by atoms with Crippen LogP contribution in [0, 0.1) is 0 Å². The predicted molar refractivity (Wildman–Crippen MR) is 105 cm³/mol. The molecule has 0 fully saturated rings. The lowest BCUT2D eigenvalue weighted by molar-refractivity contribution is 0.857. The predicted octanol–water partition coefficient (Wildman–Crippen LogP) is 3.74. The highest BCUT2D eigenvalue weighted by Gasteiger charge is 1.96. The first kappa shape index (κ1) is 18.3. The molecule has 0 amide bonds. The van der Waals surface area contributed by atoms with E-state index >= 15 is 0 Å². The van der Waals surface area contributed by atoms with E-state index in [-0.39, 0.29) is 24.0 Å². The highest BCUT2D eigenvalue weighted by atomic mass is 127. The van der Waals surface area contributed by atoms with Gasteiger partial charge in [0.15, 0.2) is 5.96 Å². The number of hydrogen-bond acceptors (Lipinski definition) is 3. The molecule has 1 heterocycles. The highest BCUT2D eigenvalue weighted by molar-refractivity contribution is 14.0. The Bertz CT molecular complexity index is 539. The zero-order chi connectivity index (χ0) is 14.2. The molecule has 0 aliphatic carbocycles. The second kappa shape index (κ2) is 10.1. The molecule has 3 N–H and O–H groups in total. The molecule has 0 aliphatic rings. The van der Waals surface area contributed by atoms with Crippen LogP contribution < -0.4 is 11.1 Å². The van der Waals surface area contributed by atoms with Gasteiger partial charge in [0.05, 0.1) is 6.54 Å². The van der Waals surface area contributed by atoms with Crippen LogP contribution in [-0.4, -0.2) is 18.8 Å². The molecule has 0 unspecified atom stereocenters. The van der Waals surface area contributed by atoms with Gasteiger partial charge in [-0.3, -0.25) is 0 Å². The average molecular weight is 433 g/mol. The maximum atomic E-state index is 5.86. The third-order valence-corrected chi connectivity index (χ3v) is 4.53. The van der Waals surface area contributed by atoms with Crippen molar-refractivity contribution in [2.24, 2.45) is 10.7 Å². The maximum Gasteiger partial charge on any atom is 0.188 e. The van der Waals surface area contributed by atoms with Crippen LogP contribution in [0.15, 0.2) is 51.7 Å². The summed E-state index contributed by atoms with van der Waals surface area (Å²) in [5.41, 5.74) is 7.03. The van der Waals surface area contributed by atoms with Gasteiger partial charge in [-0.25, -0.2) is 4.99 Å². The number of nitrogens with two attached hydrogens (primary N) is 1. The van der Waals surface area contributed by atoms with Crippen molar-refractivity contribution < 1.29 is 0 Å². The number of guanidine groups is 1. The first-order valence-corrected chi connectivity index (χ1v) is 8.57. The number of benzene rings is 1. The summed E-state index contributed by atoms with van der Waals surface area (Å²) in [5, 5.41) is 5.23. The van der Waals surface area contributed by atoms with Crippen LogP contribution in [0.1, 0.15) is 10.4 Å². The summed E-state index contributed by atoms with van der Waals surface area (Å²) in [5.74, 6) is 0.510. The minimum absolute atomic E-state index is 0. The summed E-state index contributed by atoms with van der Waals surface area (Å²) < 4.78 is 0. The van der Waals surface area contributed by atoms with Crippen molar-refractivity contribution in [1.29, 1.82) is 0 Å². The molecule has 1 aromatic heterocycles. The van der Waals surface area contributed by atoms with E-state index in [0.717, 1.165) is 13.0 Å². The molecule has 2 rings (SSSR count). The van der Waals surface area contributed by atoms with Crippen LogP contribution in [0.25, 0.3) is 0 Å². The minimum atomic E-state index is 0. The quantitative estimate of drug-likeness (QED) is 0.316. The van der Waals surface area contributed by atoms with E-state index in [0.29, 0.717) is 12.5 Å². The topological polar surface area (TPSA) is 50.4 Å². The van der Waals surface area contributed by atoms with Gasteiger partial charge >= 0.3 is 0 Å². The van der Waals surface area contributed by atoms with E-state index in [4.69, 9.17) is 5.73 Å². The third kappa shape index (κ3) is 6.71. The Hall–Kier alpha value is -0.730. The summed E-state index contributed by atoms with van der Waals surface area (Å²) in [4.78, 5) is 6.97. The van der Waals surface area contributed by atoms with Gasteiger partial charge in [-0.15, -0.1) is 47.1 Å². The lowest BCUT2D eigenvalue weighted by atomic mass is 10.2. The van der Waals surface area contributed by atoms with Crippen molar-refractivity contribution >= 4 is 53.0 Å². The molecular weight excluding hydrogens is 413 g/mol. The summed E-state index contributed by atoms with van der Waals surface area (Å²) in [6.07, 6.45) is 3.05. The normalized spacial score (nSPS) is 11.0. The number of nitrogens with one attached hydrogen (secondary N) is 1. The Kier molecular flexibility index (Phi) is 8.79. The first-order chi connectivity index (χ1) is 9.78. The molecule has 0 spiro atoms. The lowest BCUT2D eigenvalue weighted by Crippen LogP contribution is -2.33. The molecule has 21 heavy (non-hydrogen) atoms. The summed E-state index contributed by atoms with van der Waals surface area (Å²) in [6, 6.07) is 12.6. The summed E-state index contributed by atoms with van der Waals surface area (Å²) in [7, 11) is 0. The monoisotopic (exact) mass is 433 g/mol. The minimum Gasteiger partial charge on any atom is -0.370 e. The van der Waals surface area contributed by atoms with E-state index in [1.807, 2.05) is 0 Å². The van der Waals surface area contributed by atoms with Gasteiger partial charge in [-0.05, 0) is 41.8 Å². The van der Waals surface area contributed by atoms with E-state index in [2.05, 4.69) is 58.3 Å². The highest BCUT2D eigenvalue weighted by Crippen LogP contribution is 2.15. The Balaban J connectivity index is 0.00000220. The van der Waals surface area contributed by atoms with Gasteiger partial charge < -0.3 is 11.1 Å². The molecule has 2 aromatic rings. The molecule has 1 aromatic carbocycles. The number of rotatable bonds is 6. The van der Waals surface area contributed by atoms with E-state index in [9.17, 15) is 0 Å². The Morgan fingerprint density at radius 3 is 2.67 bits per heavy atom. The van der Waals surface area contributed by atoms with E-state index < -0.39 is 0 Å². The summed E-state index contributed by atoms with van der Waals surface area (Å²) >= 11 is 3.51. The average Bonchev–Trinajstić information content (AvgIpc) is 2.99. The fourth-order valence-electron chi connectivity index (χ4n) is 1.73. The molecule has 0 bridgehead atoms. The number of halogens is 1. The Labute approximate surface area is 151 Å². The van der Waals surface area contributed by atoms with Crippen LogP contribution in [-0.2, 0) is 13.0 Å². The van der Waals surface area contributed by atoms with Crippen molar-refractivity contribution in [1.82, 2.24) is 5.32 Å². The van der Waals surface area contributed by atoms with Crippen LogP contribution in [0.3, 0.4) is 0 Å². The molecule has 6 heteroatoms. The SMILES string of the molecule is CSc1ccc(CN=C(N)NCCc2cccs2)cc1.I. The smallest absolute Gasteiger partial charge is 0.188 e. The molecule has 114 valence electrons. The summed E-state index contributed by atoms with van der Waals surface area (Å²) in [6.45, 7) is 1.44. The number of thioether (sulfide) groups is 1. The van der Waals surface area contributed by atoms with E-state index in [1.54, 1.807) is 23.1 Å². The zero-order valence-electron chi connectivity index (χ0n) is 11.9. The van der Waals surface area contributed by atoms with Crippen molar-refractivity contribution in [3.05, 3.63) is 52.2 Å². The van der Waals surface area contributed by atoms with Crippen LogP contribution in [0.4, 0.5) is 0 Å². The van der Waals surface area contributed by atoms with Gasteiger partial charge in [0.1, 0.15) is 0 Å². The number of aliphatic imine (C=N–C) groups is 1. The van der Waals surface area contributed by atoms with Gasteiger partial charge in [0.2, 0.25) is 0 Å². The van der Waals surface area contributed by atoms with Gasteiger partial charge in [0.25, 0.3) is 0 Å². The molecule has 0 saturated carbocycles. The molecule has 0 aliphatic heterocycles. The molecular formula is C15H20IN3S2. The molecule has 0 radical (unpaired) electrons. The fourth-order valence-corrected chi connectivity index (χ4v) is 2.85. The lowest BCUT2D eigenvalue weighted by Gasteiger charge is -2.05. The molecule has 3 nitrogen and oxygen atoms in total. The molecule has 0 atom stereocenters. The standard InChI is InChI=1S/C15H19N3S2.HI/c1-19-13-6-4-12(5-7-13)11-18-15(16)17-9-8-14-3-2-10-20-14;/h2-7,10H,8-9,11H2,1H3,(H3,16,17,18);1H. The van der Waals surface area contributed by atoms with Crippen molar-refractivity contribution in [2.45, 2.75) is 17.9 Å².